The molecule has 0 saturated heterocycles. The first-order chi connectivity index (χ1) is 6.80. The Morgan fingerprint density at radius 2 is 2.00 bits per heavy atom. The smallest absolute Gasteiger partial charge is 0.302 e. The molecule has 0 aromatic rings. The van der Waals surface area contributed by atoms with Crippen LogP contribution in [0.5, 0.6) is 0 Å². The van der Waals surface area contributed by atoms with Crippen LogP contribution < -0.4 is 0 Å². The van der Waals surface area contributed by atoms with Gasteiger partial charge in [0.2, 0.25) is 0 Å². The number of Topliss-reactive ketones (excluding diaryl/α,β-unsaturated/α-hetero) is 1. The SMILES string of the molecule is CC(=O)OC1CC2CC(=O)C1(C)C2(C)C. The Kier molecular flexibility index (Phi) is 2.01. The molecule has 84 valence electrons. The molecule has 0 amide bonds. The van der Waals surface area contributed by atoms with Crippen molar-refractivity contribution >= 4 is 11.8 Å². The molecule has 0 aliphatic heterocycles. The lowest BCUT2D eigenvalue weighted by Gasteiger charge is -2.36. The highest BCUT2D eigenvalue weighted by Crippen LogP contribution is 2.64. The fraction of sp³-hybridized carbons (Fsp3) is 0.833. The van der Waals surface area contributed by atoms with Crippen molar-refractivity contribution in [1.82, 2.24) is 0 Å². The molecule has 2 bridgehead atoms. The third-order valence-electron chi connectivity index (χ3n) is 4.82. The molecule has 0 radical (unpaired) electrons. The number of rotatable bonds is 1. The summed E-state index contributed by atoms with van der Waals surface area (Å²) in [6.07, 6.45) is 1.28. The van der Waals surface area contributed by atoms with E-state index in [0.29, 0.717) is 12.3 Å². The minimum atomic E-state index is -0.469. The number of hydrogen-bond donors (Lipinski definition) is 0. The first-order valence-corrected chi connectivity index (χ1v) is 5.50. The van der Waals surface area contributed by atoms with Crippen molar-refractivity contribution in [1.29, 1.82) is 0 Å². The molecule has 2 saturated carbocycles. The van der Waals surface area contributed by atoms with Gasteiger partial charge >= 0.3 is 5.97 Å². The zero-order valence-electron chi connectivity index (χ0n) is 9.79. The van der Waals surface area contributed by atoms with Gasteiger partial charge in [-0.2, -0.15) is 0 Å². The summed E-state index contributed by atoms with van der Waals surface area (Å²) in [7, 11) is 0. The standard InChI is InChI=1S/C12H18O3/c1-7(13)15-10-6-8-5-9(14)12(10,4)11(8,2)3/h8,10H,5-6H2,1-4H3. The lowest BCUT2D eigenvalue weighted by Crippen LogP contribution is -2.43. The van der Waals surface area contributed by atoms with E-state index < -0.39 is 5.41 Å². The number of ether oxygens (including phenoxy) is 1. The van der Waals surface area contributed by atoms with Crippen LogP contribution in [0.1, 0.15) is 40.5 Å². The molecule has 0 aromatic heterocycles. The third-order valence-corrected chi connectivity index (χ3v) is 4.82. The van der Waals surface area contributed by atoms with Gasteiger partial charge in [-0.05, 0) is 24.7 Å². The highest BCUT2D eigenvalue weighted by molar-refractivity contribution is 5.90. The van der Waals surface area contributed by atoms with Gasteiger partial charge in [0, 0.05) is 13.3 Å². The van der Waals surface area contributed by atoms with E-state index in [0.717, 1.165) is 6.42 Å². The van der Waals surface area contributed by atoms with Crippen molar-refractivity contribution in [3.63, 3.8) is 0 Å². The monoisotopic (exact) mass is 210 g/mol. The second-order valence-corrected chi connectivity index (χ2v) is 5.58. The van der Waals surface area contributed by atoms with E-state index in [-0.39, 0.29) is 23.3 Å². The maximum Gasteiger partial charge on any atom is 0.302 e. The average molecular weight is 210 g/mol. The van der Waals surface area contributed by atoms with Crippen LogP contribution in [0.15, 0.2) is 0 Å². The minimum Gasteiger partial charge on any atom is -0.461 e. The zero-order chi connectivity index (χ0) is 11.4. The summed E-state index contributed by atoms with van der Waals surface area (Å²) in [6, 6.07) is 0. The molecule has 0 spiro atoms. The maximum absolute atomic E-state index is 12.0. The average Bonchev–Trinajstić information content (AvgIpc) is 2.35. The molecule has 0 N–H and O–H groups in total. The fourth-order valence-corrected chi connectivity index (χ4v) is 3.31. The van der Waals surface area contributed by atoms with Crippen LogP contribution in [0.4, 0.5) is 0 Å². The summed E-state index contributed by atoms with van der Waals surface area (Å²) in [6.45, 7) is 7.60. The number of carbonyl (C=O) groups excluding carboxylic acids is 2. The largest absolute Gasteiger partial charge is 0.461 e. The topological polar surface area (TPSA) is 43.4 Å². The van der Waals surface area contributed by atoms with Crippen molar-refractivity contribution in [2.45, 2.75) is 46.6 Å². The summed E-state index contributed by atoms with van der Waals surface area (Å²) >= 11 is 0. The third kappa shape index (κ3) is 1.12. The molecular weight excluding hydrogens is 192 g/mol. The van der Waals surface area contributed by atoms with Gasteiger partial charge < -0.3 is 4.74 Å². The van der Waals surface area contributed by atoms with Crippen LogP contribution in [-0.4, -0.2) is 17.9 Å². The van der Waals surface area contributed by atoms with Crippen molar-refractivity contribution in [2.75, 3.05) is 0 Å². The Hall–Kier alpha value is -0.860. The van der Waals surface area contributed by atoms with Crippen LogP contribution in [0.2, 0.25) is 0 Å². The van der Waals surface area contributed by atoms with E-state index in [1.54, 1.807) is 0 Å². The summed E-state index contributed by atoms with van der Waals surface area (Å²) in [5.41, 5.74) is -0.506. The van der Waals surface area contributed by atoms with Gasteiger partial charge in [-0.25, -0.2) is 0 Å². The Balaban J connectivity index is 2.34. The van der Waals surface area contributed by atoms with E-state index in [9.17, 15) is 9.59 Å². The number of ketones is 1. The Labute approximate surface area is 90.2 Å². The fourth-order valence-electron chi connectivity index (χ4n) is 3.31. The second-order valence-electron chi connectivity index (χ2n) is 5.58. The molecule has 3 unspecified atom stereocenters. The second kappa shape index (κ2) is 2.83. The normalized spacial score (nSPS) is 42.0. The number of carbonyl (C=O) groups is 2. The number of esters is 1. The Morgan fingerprint density at radius 1 is 1.40 bits per heavy atom. The van der Waals surface area contributed by atoms with Gasteiger partial charge in [-0.15, -0.1) is 0 Å². The van der Waals surface area contributed by atoms with Crippen LogP contribution in [-0.2, 0) is 14.3 Å². The zero-order valence-corrected chi connectivity index (χ0v) is 9.79. The summed E-state index contributed by atoms with van der Waals surface area (Å²) < 4.78 is 5.29. The Bertz CT molecular complexity index is 332. The summed E-state index contributed by atoms with van der Waals surface area (Å²) in [5, 5.41) is 0. The molecule has 3 nitrogen and oxygen atoms in total. The molecule has 15 heavy (non-hydrogen) atoms. The van der Waals surface area contributed by atoms with Gasteiger partial charge in [0.25, 0.3) is 0 Å². The van der Waals surface area contributed by atoms with Gasteiger partial charge in [0.05, 0.1) is 5.41 Å². The molecule has 3 atom stereocenters. The van der Waals surface area contributed by atoms with E-state index in [1.165, 1.54) is 6.92 Å². The lowest BCUT2D eigenvalue weighted by atomic mass is 9.69. The predicted molar refractivity (Wildman–Crippen MR) is 55.2 cm³/mol. The van der Waals surface area contributed by atoms with Crippen molar-refractivity contribution in [3.8, 4) is 0 Å². The van der Waals surface area contributed by atoms with E-state index in [4.69, 9.17) is 4.74 Å². The summed E-state index contributed by atoms with van der Waals surface area (Å²) in [4.78, 5) is 23.0. The molecule has 0 aromatic carbocycles. The van der Waals surface area contributed by atoms with E-state index >= 15 is 0 Å². The maximum atomic E-state index is 12.0. The van der Waals surface area contributed by atoms with E-state index in [1.807, 2.05) is 6.92 Å². The lowest BCUT2D eigenvalue weighted by molar-refractivity contribution is -0.158. The predicted octanol–water partition coefficient (Wildman–Crippen LogP) is 1.94. The van der Waals surface area contributed by atoms with Gasteiger partial charge in [0.1, 0.15) is 11.9 Å². The van der Waals surface area contributed by atoms with Gasteiger partial charge in [-0.1, -0.05) is 13.8 Å². The summed E-state index contributed by atoms with van der Waals surface area (Å²) in [5.74, 6) is 0.353. The van der Waals surface area contributed by atoms with Crippen LogP contribution in [0.3, 0.4) is 0 Å². The first kappa shape index (κ1) is 10.7. The quantitative estimate of drug-likeness (QED) is 0.621. The number of hydrogen-bond acceptors (Lipinski definition) is 3. The van der Waals surface area contributed by atoms with Crippen molar-refractivity contribution < 1.29 is 14.3 Å². The minimum absolute atomic E-state index is 0.0375. The molecule has 2 aliphatic carbocycles. The highest BCUT2D eigenvalue weighted by Gasteiger charge is 2.67. The van der Waals surface area contributed by atoms with Gasteiger partial charge in [-0.3, -0.25) is 9.59 Å². The van der Waals surface area contributed by atoms with Crippen LogP contribution in [0, 0.1) is 16.7 Å². The van der Waals surface area contributed by atoms with Crippen molar-refractivity contribution in [2.24, 2.45) is 16.7 Å². The van der Waals surface area contributed by atoms with Crippen molar-refractivity contribution in [3.05, 3.63) is 0 Å². The molecule has 2 rings (SSSR count). The highest BCUT2D eigenvalue weighted by atomic mass is 16.5. The molecule has 0 heterocycles. The van der Waals surface area contributed by atoms with E-state index in [2.05, 4.69) is 13.8 Å². The molecular formula is C12H18O3. The molecule has 2 fully saturated rings. The number of fused-ring (bicyclic) bond motifs is 2. The molecule has 2 aliphatic rings. The van der Waals surface area contributed by atoms with Crippen LogP contribution in [0.25, 0.3) is 0 Å². The molecule has 3 heteroatoms. The van der Waals surface area contributed by atoms with Gasteiger partial charge in [0.15, 0.2) is 0 Å². The Morgan fingerprint density at radius 3 is 2.40 bits per heavy atom. The first-order valence-electron chi connectivity index (χ1n) is 5.50. The van der Waals surface area contributed by atoms with Crippen LogP contribution >= 0.6 is 0 Å².